The lowest BCUT2D eigenvalue weighted by atomic mass is 10.2. The molecule has 3 rings (SSSR count). The fraction of sp³-hybridized carbons (Fsp3) is 0.214. The van der Waals surface area contributed by atoms with Crippen LogP contribution >= 0.6 is 0 Å². The van der Waals surface area contributed by atoms with Gasteiger partial charge in [-0.1, -0.05) is 18.2 Å². The predicted molar refractivity (Wildman–Crippen MR) is 76.6 cm³/mol. The quantitative estimate of drug-likeness (QED) is 0.754. The maximum absolute atomic E-state index is 13.6. The van der Waals surface area contributed by atoms with Gasteiger partial charge in [0.2, 0.25) is 11.8 Å². The van der Waals surface area contributed by atoms with Crippen molar-refractivity contribution in [2.75, 3.05) is 11.9 Å². The summed E-state index contributed by atoms with van der Waals surface area (Å²) in [5, 5.41) is 3.01. The average molecular weight is 287 g/mol. The van der Waals surface area contributed by atoms with E-state index in [9.17, 15) is 4.39 Å². The lowest BCUT2D eigenvalue weighted by Crippen LogP contribution is -2.06. The van der Waals surface area contributed by atoms with Crippen LogP contribution in [0.5, 0.6) is 5.88 Å². The highest BCUT2D eigenvalue weighted by Gasteiger charge is 2.12. The molecule has 21 heavy (non-hydrogen) atoms. The Morgan fingerprint density at radius 3 is 2.95 bits per heavy atom. The maximum Gasteiger partial charge on any atom is 0.245 e. The summed E-state index contributed by atoms with van der Waals surface area (Å²) in [6, 6.07) is 6.47. The molecule has 0 bridgehead atoms. The van der Waals surface area contributed by atoms with Crippen LogP contribution in [-0.2, 0) is 6.61 Å². The summed E-state index contributed by atoms with van der Waals surface area (Å²) in [7, 11) is 0. The molecule has 3 aromatic rings. The summed E-state index contributed by atoms with van der Waals surface area (Å²) in [5.74, 6) is 0.469. The van der Waals surface area contributed by atoms with E-state index in [0.717, 1.165) is 0 Å². The first kappa shape index (κ1) is 13.3. The molecular formula is C14H14FN5O. The van der Waals surface area contributed by atoms with Gasteiger partial charge in [-0.25, -0.2) is 9.37 Å². The highest BCUT2D eigenvalue weighted by Crippen LogP contribution is 2.22. The molecule has 0 aliphatic rings. The first-order chi connectivity index (χ1) is 10.3. The number of benzene rings is 1. The molecule has 2 aromatic heterocycles. The van der Waals surface area contributed by atoms with E-state index in [1.807, 2.05) is 6.92 Å². The van der Waals surface area contributed by atoms with E-state index in [2.05, 4.69) is 25.3 Å². The van der Waals surface area contributed by atoms with E-state index in [1.54, 1.807) is 18.2 Å². The number of halogens is 1. The van der Waals surface area contributed by atoms with Crippen LogP contribution in [0.3, 0.4) is 0 Å². The molecule has 2 heterocycles. The van der Waals surface area contributed by atoms with Crippen LogP contribution in [0.2, 0.25) is 0 Å². The van der Waals surface area contributed by atoms with E-state index in [-0.39, 0.29) is 12.4 Å². The van der Waals surface area contributed by atoms with Gasteiger partial charge in [-0.2, -0.15) is 9.97 Å². The van der Waals surface area contributed by atoms with E-state index >= 15 is 0 Å². The van der Waals surface area contributed by atoms with E-state index < -0.39 is 0 Å². The molecule has 0 saturated heterocycles. The minimum atomic E-state index is -0.306. The molecule has 0 radical (unpaired) electrons. The molecule has 0 atom stereocenters. The molecule has 0 saturated carbocycles. The van der Waals surface area contributed by atoms with Crippen LogP contribution in [0.1, 0.15) is 12.5 Å². The van der Waals surface area contributed by atoms with Crippen molar-refractivity contribution < 1.29 is 9.13 Å². The van der Waals surface area contributed by atoms with Gasteiger partial charge in [0.1, 0.15) is 17.9 Å². The van der Waals surface area contributed by atoms with Gasteiger partial charge in [-0.15, -0.1) is 0 Å². The number of imidazole rings is 1. The van der Waals surface area contributed by atoms with Gasteiger partial charge >= 0.3 is 0 Å². The number of hydrogen-bond acceptors (Lipinski definition) is 5. The second-order valence-corrected chi connectivity index (χ2v) is 4.36. The summed E-state index contributed by atoms with van der Waals surface area (Å²) < 4.78 is 19.2. The Kier molecular flexibility index (Phi) is 3.63. The Balaban J connectivity index is 1.89. The first-order valence-electron chi connectivity index (χ1n) is 6.59. The molecule has 7 heteroatoms. The van der Waals surface area contributed by atoms with Gasteiger partial charge < -0.3 is 15.0 Å². The number of H-pyrrole nitrogens is 1. The van der Waals surface area contributed by atoms with E-state index in [4.69, 9.17) is 4.74 Å². The minimum Gasteiger partial charge on any atom is -0.471 e. The number of hydrogen-bond donors (Lipinski definition) is 2. The standard InChI is InChI=1S/C14H14FN5O/c1-2-16-14-19-12-11(17-8-18-12)13(20-14)21-7-9-5-3-4-6-10(9)15/h3-6,8H,2,7H2,1H3,(H2,16,17,18,19,20). The third-order valence-corrected chi connectivity index (χ3v) is 2.91. The fourth-order valence-electron chi connectivity index (χ4n) is 1.91. The average Bonchev–Trinajstić information content (AvgIpc) is 2.95. The van der Waals surface area contributed by atoms with Gasteiger partial charge in [-0.05, 0) is 13.0 Å². The number of anilines is 1. The van der Waals surface area contributed by atoms with E-state index in [1.165, 1.54) is 12.4 Å². The summed E-state index contributed by atoms with van der Waals surface area (Å²) >= 11 is 0. The largest absolute Gasteiger partial charge is 0.471 e. The molecule has 0 spiro atoms. The van der Waals surface area contributed by atoms with Crippen LogP contribution in [0, 0.1) is 5.82 Å². The highest BCUT2D eigenvalue weighted by atomic mass is 19.1. The lowest BCUT2D eigenvalue weighted by Gasteiger charge is -2.08. The van der Waals surface area contributed by atoms with Crippen LogP contribution < -0.4 is 10.1 Å². The topological polar surface area (TPSA) is 75.7 Å². The van der Waals surface area contributed by atoms with Gasteiger partial charge in [0.15, 0.2) is 5.65 Å². The zero-order valence-electron chi connectivity index (χ0n) is 11.4. The van der Waals surface area contributed by atoms with Crippen LogP contribution in [0.25, 0.3) is 11.2 Å². The Morgan fingerprint density at radius 2 is 2.14 bits per heavy atom. The Bertz CT molecular complexity index is 758. The lowest BCUT2D eigenvalue weighted by molar-refractivity contribution is 0.291. The molecule has 2 N–H and O–H groups in total. The summed E-state index contributed by atoms with van der Waals surface area (Å²) in [5.41, 5.74) is 1.56. The van der Waals surface area contributed by atoms with Crippen molar-refractivity contribution in [2.45, 2.75) is 13.5 Å². The minimum absolute atomic E-state index is 0.0867. The summed E-state index contributed by atoms with van der Waals surface area (Å²) in [6.45, 7) is 2.71. The van der Waals surface area contributed by atoms with Crippen molar-refractivity contribution in [3.05, 3.63) is 42.0 Å². The Hall–Kier alpha value is -2.70. The summed E-state index contributed by atoms with van der Waals surface area (Å²) in [4.78, 5) is 15.5. The molecule has 0 aliphatic heterocycles. The summed E-state index contributed by atoms with van der Waals surface area (Å²) in [6.07, 6.45) is 1.52. The van der Waals surface area contributed by atoms with Crippen LogP contribution in [-0.4, -0.2) is 26.5 Å². The predicted octanol–water partition coefficient (Wildman–Crippen LogP) is 2.50. The second-order valence-electron chi connectivity index (χ2n) is 4.36. The second kappa shape index (κ2) is 5.74. The highest BCUT2D eigenvalue weighted by molar-refractivity contribution is 5.76. The number of rotatable bonds is 5. The number of aromatic nitrogens is 4. The number of fused-ring (bicyclic) bond motifs is 1. The molecule has 0 amide bonds. The number of ether oxygens (including phenoxy) is 1. The normalized spacial score (nSPS) is 10.8. The van der Waals surface area contributed by atoms with Crippen molar-refractivity contribution in [1.29, 1.82) is 0 Å². The van der Waals surface area contributed by atoms with E-state index in [0.29, 0.717) is 35.1 Å². The Labute approximate surface area is 120 Å². The number of aromatic amines is 1. The van der Waals surface area contributed by atoms with Crippen molar-refractivity contribution in [2.24, 2.45) is 0 Å². The molecule has 0 fully saturated rings. The zero-order valence-corrected chi connectivity index (χ0v) is 11.4. The molecule has 0 aliphatic carbocycles. The van der Waals surface area contributed by atoms with Gasteiger partial charge in [0, 0.05) is 12.1 Å². The van der Waals surface area contributed by atoms with Crippen molar-refractivity contribution in [1.82, 2.24) is 19.9 Å². The smallest absolute Gasteiger partial charge is 0.245 e. The molecular weight excluding hydrogens is 273 g/mol. The monoisotopic (exact) mass is 287 g/mol. The van der Waals surface area contributed by atoms with Gasteiger partial charge in [-0.3, -0.25) is 0 Å². The first-order valence-corrected chi connectivity index (χ1v) is 6.59. The SMILES string of the molecule is CCNc1nc(OCc2ccccc2F)c2[nH]cnc2n1. The van der Waals surface area contributed by atoms with Gasteiger partial charge in [0.05, 0.1) is 6.33 Å². The molecule has 0 unspecified atom stereocenters. The third-order valence-electron chi connectivity index (χ3n) is 2.91. The van der Waals surface area contributed by atoms with Gasteiger partial charge in [0.25, 0.3) is 0 Å². The molecule has 108 valence electrons. The maximum atomic E-state index is 13.6. The van der Waals surface area contributed by atoms with Crippen LogP contribution in [0.15, 0.2) is 30.6 Å². The van der Waals surface area contributed by atoms with Crippen molar-refractivity contribution in [3.63, 3.8) is 0 Å². The fourth-order valence-corrected chi connectivity index (χ4v) is 1.91. The number of nitrogens with one attached hydrogen (secondary N) is 2. The van der Waals surface area contributed by atoms with Crippen LogP contribution in [0.4, 0.5) is 10.3 Å². The van der Waals surface area contributed by atoms with Crippen molar-refractivity contribution in [3.8, 4) is 5.88 Å². The molecule has 1 aromatic carbocycles. The Morgan fingerprint density at radius 1 is 1.29 bits per heavy atom. The number of nitrogens with zero attached hydrogens (tertiary/aromatic N) is 3. The van der Waals surface area contributed by atoms with Crippen molar-refractivity contribution >= 4 is 17.1 Å². The third kappa shape index (κ3) is 2.76. The zero-order chi connectivity index (χ0) is 14.7. The molecule has 6 nitrogen and oxygen atoms in total.